The number of hydrogen-bond donors (Lipinski definition) is 4. The second-order valence-corrected chi connectivity index (χ2v) is 24.4. The van der Waals surface area contributed by atoms with Crippen LogP contribution in [-0.4, -0.2) is 88.2 Å². The predicted molar refractivity (Wildman–Crippen MR) is 255 cm³/mol. The van der Waals surface area contributed by atoms with Crippen LogP contribution in [-0.2, 0) is 30.8 Å². The van der Waals surface area contributed by atoms with Crippen LogP contribution >= 0.6 is 0 Å². The minimum Gasteiger partial charge on any atom is -0.543 e. The Balaban J connectivity index is 1.62. The number of methoxy groups -OCH3 is 1. The zero-order valence-corrected chi connectivity index (χ0v) is 41.6. The molecule has 0 fully saturated rings. The Morgan fingerprint density at radius 3 is 2.27 bits per heavy atom. The average Bonchev–Trinajstić information content (AvgIpc) is 3.51. The van der Waals surface area contributed by atoms with E-state index in [1.807, 2.05) is 12.1 Å². The first-order valence-corrected chi connectivity index (χ1v) is 25.2. The molecular weight excluding hydrogens is 863 g/mol. The topological polar surface area (TPSA) is 205 Å². The number of aliphatic hydroxyl groups is 2. The minimum atomic E-state index is -2.30. The fourth-order valence-electron chi connectivity index (χ4n) is 8.74. The van der Waals surface area contributed by atoms with E-state index in [1.54, 1.807) is 64.5 Å². The Kier molecular flexibility index (Phi) is 13.8. The first-order valence-electron chi connectivity index (χ1n) is 22.3. The molecule has 0 saturated heterocycles. The number of fused-ring (bicyclic) bond motifs is 2. The molecule has 4 bridgehead atoms. The molecule has 3 aliphatic heterocycles. The maximum absolute atomic E-state index is 15.0. The van der Waals surface area contributed by atoms with Gasteiger partial charge >= 0.3 is 11.8 Å². The second-order valence-electron chi connectivity index (χ2n) is 19.7. The zero-order chi connectivity index (χ0) is 49.1. The first-order chi connectivity index (χ1) is 30.7. The number of benzene rings is 3. The van der Waals surface area contributed by atoms with Gasteiger partial charge < -0.3 is 48.6 Å². The molecule has 0 unspecified atom stereocenters. The Morgan fingerprint density at radius 1 is 0.985 bits per heavy atom. The van der Waals surface area contributed by atoms with Crippen LogP contribution in [0.15, 0.2) is 59.1 Å². The number of rotatable bonds is 4. The van der Waals surface area contributed by atoms with Crippen LogP contribution in [0.2, 0.25) is 18.1 Å². The number of carbonyl (C=O) groups excluding carboxylic acids is 3. The number of hydrogen-bond acceptors (Lipinski definition) is 13. The molecule has 0 spiro atoms. The number of aromatic nitrogens is 2. The fraction of sp³-hybridized carbons (Fsp3) is 0.500. The van der Waals surface area contributed by atoms with Crippen molar-refractivity contribution < 1.29 is 53.1 Å². The summed E-state index contributed by atoms with van der Waals surface area (Å²) in [7, 11) is 0.874. The number of aryl methyl sites for hydroxylation is 1. The van der Waals surface area contributed by atoms with Crippen LogP contribution in [0, 0.1) is 30.6 Å². The summed E-state index contributed by atoms with van der Waals surface area (Å²) in [6, 6.07) is 5.44. The number of Topliss-reactive ketones (excluding diaryl/α,β-unsaturated/α-hetero) is 1. The standard InChI is InChI=1S/C50H65N3O12Si/c1-24-17-16-18-25(2)48(60)52-39-40-38(51-32-20-19-31(23-33(32)53(40)12)65-66(14,15)49(8,9)10)35-36(44(39)58)43(57)29(6)46-37(35)47(59)50(11,64-46)62-22-21-34(61-13)26(3)45(63-30(7)54)28(5)42(56)27(4)41(24)55/h16-24,26-28,34,41-42,45,55-57H,1-15H3,(H,52,60)/b17-16+,22-21+,25-18-/t24-,26+,27+,28+,34-,41-,42+,45+,50-/m0/s1. The van der Waals surface area contributed by atoms with Crippen LogP contribution in [0.5, 0.6) is 17.2 Å². The molecule has 0 radical (unpaired) electrons. The Labute approximate surface area is 386 Å². The van der Waals surface area contributed by atoms with Gasteiger partial charge in [-0.1, -0.05) is 66.7 Å². The molecule has 66 heavy (non-hydrogen) atoms. The number of nitrogens with zero attached hydrogens (tertiary/aromatic N) is 2. The summed E-state index contributed by atoms with van der Waals surface area (Å²) < 4.78 is 32.4. The largest absolute Gasteiger partial charge is 0.543 e. The number of aromatic hydroxyl groups is 1. The maximum atomic E-state index is 15.0. The lowest BCUT2D eigenvalue weighted by Crippen LogP contribution is -2.46. The van der Waals surface area contributed by atoms with E-state index in [2.05, 4.69) is 39.2 Å². The third-order valence-electron chi connectivity index (χ3n) is 14.0. The third-order valence-corrected chi connectivity index (χ3v) is 18.4. The van der Waals surface area contributed by atoms with Crippen molar-refractivity contribution in [3.05, 3.63) is 75.7 Å². The van der Waals surface area contributed by atoms with Gasteiger partial charge in [0, 0.05) is 74.3 Å². The maximum Gasteiger partial charge on any atom is 0.312 e. The van der Waals surface area contributed by atoms with Crippen LogP contribution in [0.1, 0.15) is 85.2 Å². The molecule has 0 saturated carbocycles. The van der Waals surface area contributed by atoms with Crippen molar-refractivity contribution in [1.29, 1.82) is 0 Å². The van der Waals surface area contributed by atoms with Crippen LogP contribution in [0.25, 0.3) is 33.2 Å². The smallest absolute Gasteiger partial charge is 0.312 e. The molecule has 16 heteroatoms. The SMILES string of the molecule is CO[C@H]1/C=C/O[C@@]2(C)Oc3c(C)c(O)c4c(=O)c(c5n(C)c6cc(O[Si](C)(C)C(C)(C)C)ccc6nc-5c4c3C2=O)NC(=O)/C(C)=C\C=C\[C@H](C)[C@H](O)[C@@H](C)[C@@H](O)[C@@H](C)[C@H](OC(C)=O)[C@@H]1C. The summed E-state index contributed by atoms with van der Waals surface area (Å²) in [5.74, 6) is -6.28. The average molecular weight is 928 g/mol. The van der Waals surface area contributed by atoms with Gasteiger partial charge in [0.05, 0.1) is 57.9 Å². The lowest BCUT2D eigenvalue weighted by molar-refractivity contribution is -0.160. The van der Waals surface area contributed by atoms with Gasteiger partial charge in [-0.15, -0.1) is 0 Å². The Hall–Kier alpha value is -5.55. The van der Waals surface area contributed by atoms with Gasteiger partial charge in [0.15, 0.2) is 0 Å². The lowest BCUT2D eigenvalue weighted by Gasteiger charge is -2.38. The highest BCUT2D eigenvalue weighted by molar-refractivity contribution is 6.74. The Morgan fingerprint density at radius 2 is 1.65 bits per heavy atom. The van der Waals surface area contributed by atoms with Crippen molar-refractivity contribution in [3.8, 4) is 28.6 Å². The van der Waals surface area contributed by atoms with Gasteiger partial charge in [-0.05, 0) is 50.2 Å². The van der Waals surface area contributed by atoms with E-state index in [4.69, 9.17) is 28.4 Å². The van der Waals surface area contributed by atoms with Crippen molar-refractivity contribution in [2.24, 2.45) is 30.7 Å². The number of aliphatic hydroxyl groups excluding tert-OH is 2. The molecule has 15 nitrogen and oxygen atoms in total. The highest BCUT2D eigenvalue weighted by Gasteiger charge is 2.50. The lowest BCUT2D eigenvalue weighted by atomic mass is 9.78. The zero-order valence-electron chi connectivity index (χ0n) is 40.6. The normalized spacial score (nSPS) is 28.7. The molecule has 1 amide bonds. The van der Waals surface area contributed by atoms with Crippen molar-refractivity contribution >= 4 is 53.5 Å². The predicted octanol–water partition coefficient (Wildman–Crippen LogP) is 8.08. The van der Waals surface area contributed by atoms with Crippen molar-refractivity contribution in [1.82, 2.24) is 9.55 Å². The second kappa shape index (κ2) is 18.3. The van der Waals surface area contributed by atoms with Gasteiger partial charge in [0.25, 0.3) is 11.7 Å². The number of anilines is 1. The molecule has 2 aromatic carbocycles. The summed E-state index contributed by atoms with van der Waals surface area (Å²) >= 11 is 0. The number of ether oxygens (including phenoxy) is 4. The van der Waals surface area contributed by atoms with Crippen molar-refractivity contribution in [2.45, 2.75) is 124 Å². The highest BCUT2D eigenvalue weighted by atomic mass is 28.4. The van der Waals surface area contributed by atoms with Gasteiger partial charge in [-0.3, -0.25) is 19.2 Å². The van der Waals surface area contributed by atoms with Crippen LogP contribution in [0.3, 0.4) is 0 Å². The summed E-state index contributed by atoms with van der Waals surface area (Å²) in [6.07, 6.45) is 3.74. The number of esters is 1. The molecule has 2 aromatic rings. The number of phenolic OH excluding ortho intramolecular Hbond substituents is 1. The van der Waals surface area contributed by atoms with E-state index < -0.39 is 91.0 Å². The molecule has 0 aromatic heterocycles. The molecule has 1 aliphatic carbocycles. The molecule has 9 atom stereocenters. The van der Waals surface area contributed by atoms with Crippen LogP contribution < -0.4 is 19.9 Å². The number of carbonyl (C=O) groups is 3. The fourth-order valence-corrected chi connectivity index (χ4v) is 9.77. The summed E-state index contributed by atoms with van der Waals surface area (Å²) in [6.45, 7) is 23.4. The van der Waals surface area contributed by atoms with E-state index in [9.17, 15) is 29.7 Å². The van der Waals surface area contributed by atoms with E-state index >= 15 is 4.79 Å². The highest BCUT2D eigenvalue weighted by Crippen LogP contribution is 2.50. The molecule has 4 aliphatic rings. The van der Waals surface area contributed by atoms with Crippen molar-refractivity contribution in [2.75, 3.05) is 12.4 Å². The number of nitrogens with one attached hydrogen (secondary N) is 1. The molecular formula is C50H65N3O12Si. The number of allylic oxidation sites excluding steroid dienone is 2. The van der Waals surface area contributed by atoms with E-state index in [0.29, 0.717) is 16.8 Å². The monoisotopic (exact) mass is 927 g/mol. The molecule has 356 valence electrons. The first kappa shape index (κ1) is 49.9. The van der Waals surface area contributed by atoms with E-state index in [-0.39, 0.29) is 55.3 Å². The summed E-state index contributed by atoms with van der Waals surface area (Å²) in [5, 5.41) is 37.5. The van der Waals surface area contributed by atoms with Gasteiger partial charge in [0.2, 0.25) is 13.7 Å². The van der Waals surface area contributed by atoms with Gasteiger partial charge in [-0.2, -0.15) is 0 Å². The molecule has 4 N–H and O–H groups in total. The minimum absolute atomic E-state index is 0.0121. The summed E-state index contributed by atoms with van der Waals surface area (Å²) in [4.78, 5) is 61.5. The third kappa shape index (κ3) is 8.87. The number of ketones is 1. The van der Waals surface area contributed by atoms with E-state index in [1.165, 1.54) is 46.3 Å². The quantitative estimate of drug-likeness (QED) is 0.0662. The molecule has 6 rings (SSSR count). The van der Waals surface area contributed by atoms with Crippen molar-refractivity contribution in [3.63, 3.8) is 0 Å². The van der Waals surface area contributed by atoms with Gasteiger partial charge in [0.1, 0.15) is 29.0 Å². The number of amides is 1. The van der Waals surface area contributed by atoms with Crippen LogP contribution in [0.4, 0.5) is 5.69 Å². The van der Waals surface area contributed by atoms with E-state index in [0.717, 1.165) is 0 Å². The van der Waals surface area contributed by atoms with Gasteiger partial charge in [-0.25, -0.2) is 4.98 Å². The molecule has 3 heterocycles. The summed E-state index contributed by atoms with van der Waals surface area (Å²) in [5.41, 5.74) is 0.621. The number of phenols is 1. The Bertz CT molecular complexity index is 2710.